The van der Waals surface area contributed by atoms with Gasteiger partial charge in [-0.05, 0) is 6.07 Å². The standard InChI is InChI=1S/C8H6N2O.Fe/c11-8-9-5-6-3-1-2-4-7(6)10-8;/h1-5H,(H,9,10,11);. The van der Waals surface area contributed by atoms with Crippen LogP contribution in [0.25, 0.3) is 10.9 Å². The van der Waals surface area contributed by atoms with Gasteiger partial charge in [0.1, 0.15) is 0 Å². The van der Waals surface area contributed by atoms with Crippen LogP contribution < -0.4 is 5.69 Å². The van der Waals surface area contributed by atoms with Crippen molar-refractivity contribution in [2.24, 2.45) is 0 Å². The average molecular weight is 202 g/mol. The van der Waals surface area contributed by atoms with Crippen LogP contribution in [0.4, 0.5) is 0 Å². The van der Waals surface area contributed by atoms with Gasteiger partial charge in [0, 0.05) is 28.7 Å². The summed E-state index contributed by atoms with van der Waals surface area (Å²) in [4.78, 5) is 16.9. The Morgan fingerprint density at radius 1 is 1.25 bits per heavy atom. The fourth-order valence-electron chi connectivity index (χ4n) is 0.999. The minimum atomic E-state index is -0.302. The molecule has 0 radical (unpaired) electrons. The average Bonchev–Trinajstić information content (AvgIpc) is 2.04. The Balaban J connectivity index is 0.000000720. The van der Waals surface area contributed by atoms with Gasteiger partial charge in [0.2, 0.25) is 0 Å². The number of aromatic amines is 1. The van der Waals surface area contributed by atoms with Gasteiger partial charge in [-0.1, -0.05) is 18.2 Å². The van der Waals surface area contributed by atoms with E-state index >= 15 is 0 Å². The fourth-order valence-corrected chi connectivity index (χ4v) is 0.999. The van der Waals surface area contributed by atoms with E-state index in [2.05, 4.69) is 9.97 Å². The molecule has 3 nitrogen and oxygen atoms in total. The quantitative estimate of drug-likeness (QED) is 0.645. The Labute approximate surface area is 79.3 Å². The molecule has 0 aliphatic heterocycles. The molecule has 0 fully saturated rings. The number of para-hydroxylation sites is 1. The first-order chi connectivity index (χ1) is 5.36. The third-order valence-corrected chi connectivity index (χ3v) is 1.52. The van der Waals surface area contributed by atoms with Gasteiger partial charge in [0.25, 0.3) is 0 Å². The van der Waals surface area contributed by atoms with E-state index in [-0.39, 0.29) is 22.8 Å². The number of hydrogen-bond acceptors (Lipinski definition) is 2. The normalized spacial score (nSPS) is 9.33. The minimum absolute atomic E-state index is 0. The minimum Gasteiger partial charge on any atom is -0.305 e. The summed E-state index contributed by atoms with van der Waals surface area (Å²) in [7, 11) is 0. The second kappa shape index (κ2) is 3.52. The van der Waals surface area contributed by atoms with Gasteiger partial charge in [-0.15, -0.1) is 0 Å². The Hall–Kier alpha value is -1.12. The maximum atomic E-state index is 10.7. The molecule has 0 unspecified atom stereocenters. The summed E-state index contributed by atoms with van der Waals surface area (Å²) in [5, 5.41) is 0.951. The van der Waals surface area contributed by atoms with Crippen LogP contribution >= 0.6 is 0 Å². The third-order valence-electron chi connectivity index (χ3n) is 1.52. The molecule has 0 spiro atoms. The number of H-pyrrole nitrogens is 1. The molecular formula is C8H6FeN2O. The second-order valence-electron chi connectivity index (χ2n) is 2.28. The van der Waals surface area contributed by atoms with Crippen molar-refractivity contribution in [2.45, 2.75) is 0 Å². The molecule has 1 aromatic heterocycles. The number of hydrogen-bond donors (Lipinski definition) is 1. The van der Waals surface area contributed by atoms with Crippen molar-refractivity contribution in [1.29, 1.82) is 0 Å². The van der Waals surface area contributed by atoms with Crippen molar-refractivity contribution in [3.8, 4) is 0 Å². The topological polar surface area (TPSA) is 45.8 Å². The van der Waals surface area contributed by atoms with Crippen LogP contribution in [0.1, 0.15) is 0 Å². The van der Waals surface area contributed by atoms with Crippen molar-refractivity contribution in [1.82, 2.24) is 9.97 Å². The first kappa shape index (κ1) is 8.97. The molecule has 1 heterocycles. The van der Waals surface area contributed by atoms with Gasteiger partial charge in [0.05, 0.1) is 5.52 Å². The van der Waals surface area contributed by atoms with E-state index < -0.39 is 0 Å². The molecule has 0 bridgehead atoms. The number of benzene rings is 1. The van der Waals surface area contributed by atoms with Gasteiger partial charge in [-0.25, -0.2) is 9.78 Å². The summed E-state index contributed by atoms with van der Waals surface area (Å²) < 4.78 is 0. The fraction of sp³-hybridized carbons (Fsp3) is 0. The van der Waals surface area contributed by atoms with Gasteiger partial charge in [0.15, 0.2) is 0 Å². The van der Waals surface area contributed by atoms with Crippen molar-refractivity contribution in [2.75, 3.05) is 0 Å². The van der Waals surface area contributed by atoms with Crippen molar-refractivity contribution < 1.29 is 17.1 Å². The molecule has 1 N–H and O–H groups in total. The maximum Gasteiger partial charge on any atom is 0.345 e. The first-order valence-corrected chi connectivity index (χ1v) is 3.30. The number of rotatable bonds is 0. The van der Waals surface area contributed by atoms with Crippen molar-refractivity contribution >= 4 is 10.9 Å². The second-order valence-corrected chi connectivity index (χ2v) is 2.28. The predicted octanol–water partition coefficient (Wildman–Crippen LogP) is 0.921. The zero-order valence-corrected chi connectivity index (χ0v) is 7.20. The monoisotopic (exact) mass is 202 g/mol. The Kier molecular flexibility index (Phi) is 2.63. The SMILES string of the molecule is O=c1ncc2ccccc2[nH]1.[Fe]. The van der Waals surface area contributed by atoms with E-state index in [1.807, 2.05) is 24.3 Å². The Bertz CT molecular complexity index is 438. The zero-order valence-electron chi connectivity index (χ0n) is 6.10. The van der Waals surface area contributed by atoms with E-state index in [0.29, 0.717) is 0 Å². The molecule has 1 aromatic carbocycles. The molecule has 0 saturated heterocycles. The number of nitrogens with zero attached hydrogens (tertiary/aromatic N) is 1. The van der Waals surface area contributed by atoms with Crippen molar-refractivity contribution in [3.63, 3.8) is 0 Å². The predicted molar refractivity (Wildman–Crippen MR) is 42.4 cm³/mol. The summed E-state index contributed by atoms with van der Waals surface area (Å²) >= 11 is 0. The van der Waals surface area contributed by atoms with Crippen LogP contribution in [-0.4, -0.2) is 9.97 Å². The van der Waals surface area contributed by atoms with E-state index in [4.69, 9.17) is 0 Å². The molecule has 0 aliphatic carbocycles. The number of nitrogens with one attached hydrogen (secondary N) is 1. The summed E-state index contributed by atoms with van der Waals surface area (Å²) in [6.45, 7) is 0. The molecule has 2 rings (SSSR count). The Morgan fingerprint density at radius 2 is 2.00 bits per heavy atom. The number of fused-ring (bicyclic) bond motifs is 1. The molecule has 0 aliphatic rings. The molecule has 4 heteroatoms. The summed E-state index contributed by atoms with van der Waals surface area (Å²) in [6.07, 6.45) is 1.56. The first-order valence-electron chi connectivity index (χ1n) is 3.30. The molecule has 12 heavy (non-hydrogen) atoms. The summed E-state index contributed by atoms with van der Waals surface area (Å²) in [5.74, 6) is 0. The molecular weight excluding hydrogens is 196 g/mol. The van der Waals surface area contributed by atoms with Gasteiger partial charge in [-0.3, -0.25) is 0 Å². The zero-order chi connectivity index (χ0) is 7.68. The molecule has 62 valence electrons. The molecule has 0 saturated carbocycles. The molecule has 0 atom stereocenters. The van der Waals surface area contributed by atoms with Gasteiger partial charge < -0.3 is 4.98 Å². The van der Waals surface area contributed by atoms with Crippen LogP contribution in [0.2, 0.25) is 0 Å². The number of aromatic nitrogens is 2. The van der Waals surface area contributed by atoms with Crippen LogP contribution in [-0.2, 0) is 17.1 Å². The van der Waals surface area contributed by atoms with E-state index in [1.54, 1.807) is 6.20 Å². The van der Waals surface area contributed by atoms with E-state index in [0.717, 1.165) is 10.9 Å². The Morgan fingerprint density at radius 3 is 2.83 bits per heavy atom. The summed E-state index contributed by atoms with van der Waals surface area (Å²) in [6, 6.07) is 7.53. The van der Waals surface area contributed by atoms with Crippen molar-refractivity contribution in [3.05, 3.63) is 40.9 Å². The van der Waals surface area contributed by atoms with Crippen LogP contribution in [0.5, 0.6) is 0 Å². The smallest absolute Gasteiger partial charge is 0.305 e. The van der Waals surface area contributed by atoms with E-state index in [1.165, 1.54) is 0 Å². The van der Waals surface area contributed by atoms with E-state index in [9.17, 15) is 4.79 Å². The molecule has 0 amide bonds. The van der Waals surface area contributed by atoms with Crippen LogP contribution in [0.3, 0.4) is 0 Å². The van der Waals surface area contributed by atoms with Crippen LogP contribution in [0, 0.1) is 0 Å². The summed E-state index contributed by atoms with van der Waals surface area (Å²) in [5.41, 5.74) is 0.524. The largest absolute Gasteiger partial charge is 0.345 e. The molecule has 2 aromatic rings. The van der Waals surface area contributed by atoms with Gasteiger partial charge in [-0.2, -0.15) is 0 Å². The maximum absolute atomic E-state index is 10.7. The third kappa shape index (κ3) is 1.55. The van der Waals surface area contributed by atoms with Crippen LogP contribution in [0.15, 0.2) is 35.3 Å². The van der Waals surface area contributed by atoms with Gasteiger partial charge >= 0.3 is 5.69 Å².